The van der Waals surface area contributed by atoms with Crippen LogP contribution in [0.5, 0.6) is 0 Å². The molecule has 70 valence electrons. The maximum atomic E-state index is 13.7. The van der Waals surface area contributed by atoms with Gasteiger partial charge in [-0.25, -0.2) is 4.39 Å². The van der Waals surface area contributed by atoms with Crippen molar-refractivity contribution >= 4 is 0 Å². The monoisotopic (exact) mass is 171 g/mol. The Kier molecular flexibility index (Phi) is 1.73. The maximum Gasteiger partial charge on any atom is 0.116 e. The van der Waals surface area contributed by atoms with E-state index >= 15 is 0 Å². The molecule has 3 aliphatic rings. The van der Waals surface area contributed by atoms with Crippen molar-refractivity contribution < 1.29 is 4.39 Å². The van der Waals surface area contributed by atoms with Gasteiger partial charge in [0.15, 0.2) is 0 Å². The van der Waals surface area contributed by atoms with Gasteiger partial charge in [-0.2, -0.15) is 0 Å². The Morgan fingerprint density at radius 3 is 2.17 bits per heavy atom. The average Bonchev–Trinajstić information content (AvgIpc) is 2.04. The van der Waals surface area contributed by atoms with Crippen molar-refractivity contribution in [3.8, 4) is 0 Å². The van der Waals surface area contributed by atoms with E-state index in [4.69, 9.17) is 0 Å². The fourth-order valence-electron chi connectivity index (χ4n) is 2.55. The van der Waals surface area contributed by atoms with E-state index in [9.17, 15) is 4.39 Å². The maximum absolute atomic E-state index is 13.7. The third-order valence-electron chi connectivity index (χ3n) is 3.81. The van der Waals surface area contributed by atoms with Gasteiger partial charge in [-0.3, -0.25) is 0 Å². The minimum Gasteiger partial charge on any atom is -0.300 e. The molecule has 0 N–H and O–H groups in total. The third-order valence-corrected chi connectivity index (χ3v) is 3.81. The van der Waals surface area contributed by atoms with Gasteiger partial charge in [0, 0.05) is 31.0 Å². The van der Waals surface area contributed by atoms with E-state index in [0.29, 0.717) is 17.9 Å². The van der Waals surface area contributed by atoms with Crippen LogP contribution in [0.2, 0.25) is 0 Å². The minimum atomic E-state index is -0.842. The number of alkyl halides is 1. The SMILES string of the molecule is CC(C)N1CC2CC(C1)C2(C)F. The second kappa shape index (κ2) is 2.44. The topological polar surface area (TPSA) is 3.24 Å². The lowest BCUT2D eigenvalue weighted by Gasteiger charge is -2.57. The van der Waals surface area contributed by atoms with E-state index in [1.54, 1.807) is 6.92 Å². The van der Waals surface area contributed by atoms with Crippen molar-refractivity contribution in [2.45, 2.75) is 38.9 Å². The molecule has 2 unspecified atom stereocenters. The lowest BCUT2D eigenvalue weighted by molar-refractivity contribution is -0.140. The summed E-state index contributed by atoms with van der Waals surface area (Å²) in [6.45, 7) is 8.12. The molecule has 0 amide bonds. The smallest absolute Gasteiger partial charge is 0.116 e. The Morgan fingerprint density at radius 1 is 1.33 bits per heavy atom. The first kappa shape index (κ1) is 8.49. The molecule has 0 aromatic carbocycles. The van der Waals surface area contributed by atoms with Gasteiger partial charge < -0.3 is 4.90 Å². The second-order valence-electron chi connectivity index (χ2n) is 4.83. The fourth-order valence-corrected chi connectivity index (χ4v) is 2.55. The summed E-state index contributed by atoms with van der Waals surface area (Å²) in [6, 6.07) is 0.589. The number of hydrogen-bond donors (Lipinski definition) is 0. The van der Waals surface area contributed by atoms with Gasteiger partial charge in [0.2, 0.25) is 0 Å². The molecule has 2 saturated heterocycles. The van der Waals surface area contributed by atoms with Crippen LogP contribution in [-0.2, 0) is 0 Å². The number of rotatable bonds is 1. The van der Waals surface area contributed by atoms with Gasteiger partial charge in [0.05, 0.1) is 0 Å². The normalized spacial score (nSPS) is 47.8. The standard InChI is InChI=1S/C10H18FN/c1-7(2)12-5-8-4-9(6-12)10(8,3)11/h7-9H,4-6H2,1-3H3. The Hall–Kier alpha value is -0.110. The van der Waals surface area contributed by atoms with Crippen LogP contribution in [0.4, 0.5) is 4.39 Å². The molecule has 0 spiro atoms. The molecular formula is C10H18FN. The summed E-state index contributed by atoms with van der Waals surface area (Å²) >= 11 is 0. The molecule has 3 rings (SSSR count). The fraction of sp³-hybridized carbons (Fsp3) is 1.00. The first-order valence-corrected chi connectivity index (χ1v) is 4.94. The first-order valence-electron chi connectivity index (χ1n) is 4.94. The summed E-state index contributed by atoms with van der Waals surface area (Å²) in [5.41, 5.74) is -0.842. The van der Waals surface area contributed by atoms with Crippen molar-refractivity contribution in [3.05, 3.63) is 0 Å². The van der Waals surface area contributed by atoms with E-state index in [-0.39, 0.29) is 0 Å². The molecule has 2 bridgehead atoms. The highest BCUT2D eigenvalue weighted by Crippen LogP contribution is 2.51. The zero-order valence-corrected chi connectivity index (χ0v) is 8.18. The summed E-state index contributed by atoms with van der Waals surface area (Å²) in [5, 5.41) is 0. The number of piperidine rings is 2. The molecule has 1 saturated carbocycles. The van der Waals surface area contributed by atoms with Gasteiger partial charge in [0.25, 0.3) is 0 Å². The molecule has 3 fully saturated rings. The molecule has 2 aliphatic heterocycles. The predicted molar refractivity (Wildman–Crippen MR) is 47.8 cm³/mol. The van der Waals surface area contributed by atoms with Gasteiger partial charge in [-0.1, -0.05) is 0 Å². The van der Waals surface area contributed by atoms with Gasteiger partial charge in [-0.05, 0) is 27.2 Å². The number of nitrogens with zero attached hydrogens (tertiary/aromatic N) is 1. The van der Waals surface area contributed by atoms with E-state index in [0.717, 1.165) is 19.5 Å². The number of fused-ring (bicyclic) bond motifs is 2. The molecule has 0 aromatic rings. The number of hydrogen-bond acceptors (Lipinski definition) is 1. The Morgan fingerprint density at radius 2 is 1.83 bits per heavy atom. The minimum absolute atomic E-state index is 0.318. The second-order valence-corrected chi connectivity index (χ2v) is 4.83. The first-order chi connectivity index (χ1) is 5.51. The predicted octanol–water partition coefficient (Wildman–Crippen LogP) is 2.07. The van der Waals surface area contributed by atoms with Crippen LogP contribution in [-0.4, -0.2) is 29.7 Å². The van der Waals surface area contributed by atoms with E-state index < -0.39 is 5.67 Å². The largest absolute Gasteiger partial charge is 0.300 e. The lowest BCUT2D eigenvalue weighted by Crippen LogP contribution is -2.64. The van der Waals surface area contributed by atoms with Crippen LogP contribution >= 0.6 is 0 Å². The Balaban J connectivity index is 2.01. The van der Waals surface area contributed by atoms with Crippen LogP contribution < -0.4 is 0 Å². The van der Waals surface area contributed by atoms with Gasteiger partial charge in [-0.15, -0.1) is 0 Å². The molecule has 1 nitrogen and oxygen atoms in total. The van der Waals surface area contributed by atoms with E-state index in [1.807, 2.05) is 0 Å². The summed E-state index contributed by atoms with van der Waals surface area (Å²) in [7, 11) is 0. The number of halogens is 1. The van der Waals surface area contributed by atoms with Crippen molar-refractivity contribution in [2.75, 3.05) is 13.1 Å². The zero-order chi connectivity index (χ0) is 8.93. The molecule has 0 aromatic heterocycles. The molecule has 2 heterocycles. The van der Waals surface area contributed by atoms with Crippen molar-refractivity contribution in [3.63, 3.8) is 0 Å². The zero-order valence-electron chi connectivity index (χ0n) is 8.18. The van der Waals surface area contributed by atoms with Crippen LogP contribution in [0.15, 0.2) is 0 Å². The van der Waals surface area contributed by atoms with Crippen molar-refractivity contribution in [1.82, 2.24) is 4.90 Å². The Labute approximate surface area is 73.9 Å². The van der Waals surface area contributed by atoms with Crippen LogP contribution in [0, 0.1) is 11.8 Å². The van der Waals surface area contributed by atoms with Crippen molar-refractivity contribution in [2.24, 2.45) is 11.8 Å². The quantitative estimate of drug-likeness (QED) is 0.584. The third kappa shape index (κ3) is 1.00. The molecular weight excluding hydrogens is 153 g/mol. The van der Waals surface area contributed by atoms with Crippen molar-refractivity contribution in [1.29, 1.82) is 0 Å². The summed E-state index contributed by atoms with van der Waals surface area (Å²) in [5.74, 6) is 0.636. The van der Waals surface area contributed by atoms with E-state index in [1.165, 1.54) is 0 Å². The van der Waals surface area contributed by atoms with E-state index in [2.05, 4.69) is 18.7 Å². The summed E-state index contributed by atoms with van der Waals surface area (Å²) < 4.78 is 13.7. The van der Waals surface area contributed by atoms with Crippen LogP contribution in [0.3, 0.4) is 0 Å². The molecule has 0 radical (unpaired) electrons. The molecule has 12 heavy (non-hydrogen) atoms. The Bertz CT molecular complexity index is 174. The van der Waals surface area contributed by atoms with Crippen LogP contribution in [0.25, 0.3) is 0 Å². The highest BCUT2D eigenvalue weighted by molar-refractivity contribution is 5.06. The molecule has 2 heteroatoms. The molecule has 2 atom stereocenters. The highest BCUT2D eigenvalue weighted by Gasteiger charge is 2.56. The average molecular weight is 171 g/mol. The van der Waals surface area contributed by atoms with Gasteiger partial charge >= 0.3 is 0 Å². The summed E-state index contributed by atoms with van der Waals surface area (Å²) in [4.78, 5) is 2.40. The molecule has 1 aliphatic carbocycles. The van der Waals surface area contributed by atoms with Crippen LogP contribution in [0.1, 0.15) is 27.2 Å². The highest BCUT2D eigenvalue weighted by atomic mass is 19.1. The van der Waals surface area contributed by atoms with Gasteiger partial charge in [0.1, 0.15) is 5.67 Å². The summed E-state index contributed by atoms with van der Waals surface area (Å²) in [6.07, 6.45) is 1.12. The lowest BCUT2D eigenvalue weighted by atomic mass is 9.60.